The number of hydrogen-bond donors (Lipinski definition) is 1. The minimum absolute atomic E-state index is 0.218. The van der Waals surface area contributed by atoms with Gasteiger partial charge in [0.15, 0.2) is 0 Å². The quantitative estimate of drug-likeness (QED) is 0.916. The highest BCUT2D eigenvalue weighted by molar-refractivity contribution is 9.10. The third-order valence-electron chi connectivity index (χ3n) is 2.03. The molecule has 1 unspecified atom stereocenters. The van der Waals surface area contributed by atoms with Gasteiger partial charge in [0.2, 0.25) is 0 Å². The lowest BCUT2D eigenvalue weighted by Gasteiger charge is -2.22. The summed E-state index contributed by atoms with van der Waals surface area (Å²) >= 11 is 3.32. The molecule has 0 saturated carbocycles. The largest absolute Gasteiger partial charge is 0.387 e. The number of rotatable bonds is 4. The molecule has 1 aromatic carbocycles. The van der Waals surface area contributed by atoms with Crippen LogP contribution in [-0.2, 0) is 11.2 Å². The standard InChI is InChI=1S/C11H14BrFO2/c1-11(14,7-15-2)6-8-5-9(13)3-4-10(8)12/h3-5,14H,6-7H2,1-2H3. The zero-order chi connectivity index (χ0) is 11.5. The van der Waals surface area contributed by atoms with Gasteiger partial charge < -0.3 is 9.84 Å². The van der Waals surface area contributed by atoms with E-state index in [0.29, 0.717) is 6.42 Å². The molecule has 0 aliphatic carbocycles. The second-order valence-electron chi connectivity index (χ2n) is 3.84. The molecule has 0 saturated heterocycles. The molecule has 84 valence electrons. The molecule has 0 amide bonds. The normalized spacial score (nSPS) is 15.0. The van der Waals surface area contributed by atoms with E-state index in [1.54, 1.807) is 13.0 Å². The number of ether oxygens (including phenoxy) is 1. The van der Waals surface area contributed by atoms with Gasteiger partial charge in [0.25, 0.3) is 0 Å². The van der Waals surface area contributed by atoms with Gasteiger partial charge in [-0.05, 0) is 30.7 Å². The second kappa shape index (κ2) is 5.05. The molecule has 1 aromatic rings. The van der Waals surface area contributed by atoms with Crippen LogP contribution in [0.25, 0.3) is 0 Å². The number of benzene rings is 1. The van der Waals surface area contributed by atoms with Crippen molar-refractivity contribution in [3.8, 4) is 0 Å². The number of aliphatic hydroxyl groups is 1. The van der Waals surface area contributed by atoms with Crippen molar-refractivity contribution in [3.63, 3.8) is 0 Å². The van der Waals surface area contributed by atoms with E-state index >= 15 is 0 Å². The van der Waals surface area contributed by atoms with Crippen LogP contribution in [0.5, 0.6) is 0 Å². The Morgan fingerprint density at radius 3 is 2.80 bits per heavy atom. The van der Waals surface area contributed by atoms with E-state index in [2.05, 4.69) is 15.9 Å². The highest BCUT2D eigenvalue weighted by Crippen LogP contribution is 2.22. The molecule has 0 fully saturated rings. The van der Waals surface area contributed by atoms with Crippen molar-refractivity contribution >= 4 is 15.9 Å². The Balaban J connectivity index is 2.83. The van der Waals surface area contributed by atoms with Crippen LogP contribution < -0.4 is 0 Å². The summed E-state index contributed by atoms with van der Waals surface area (Å²) in [6.07, 6.45) is 0.346. The molecular formula is C11H14BrFO2. The third kappa shape index (κ3) is 3.89. The van der Waals surface area contributed by atoms with Gasteiger partial charge in [-0.1, -0.05) is 15.9 Å². The molecule has 1 rings (SSSR count). The van der Waals surface area contributed by atoms with E-state index in [1.807, 2.05) is 0 Å². The van der Waals surface area contributed by atoms with Crippen molar-refractivity contribution in [3.05, 3.63) is 34.1 Å². The molecule has 0 heterocycles. The lowest BCUT2D eigenvalue weighted by molar-refractivity contribution is -0.0162. The molecule has 1 N–H and O–H groups in total. The van der Waals surface area contributed by atoms with E-state index in [0.717, 1.165) is 10.0 Å². The fraction of sp³-hybridized carbons (Fsp3) is 0.455. The molecule has 2 nitrogen and oxygen atoms in total. The molecule has 0 aliphatic rings. The monoisotopic (exact) mass is 276 g/mol. The van der Waals surface area contributed by atoms with Crippen molar-refractivity contribution < 1.29 is 14.2 Å². The van der Waals surface area contributed by atoms with Gasteiger partial charge in [0.05, 0.1) is 12.2 Å². The van der Waals surface area contributed by atoms with Gasteiger partial charge in [0, 0.05) is 18.0 Å². The maximum absolute atomic E-state index is 13.0. The minimum Gasteiger partial charge on any atom is -0.387 e. The average molecular weight is 277 g/mol. The fourth-order valence-corrected chi connectivity index (χ4v) is 1.84. The van der Waals surface area contributed by atoms with E-state index in [9.17, 15) is 9.50 Å². The van der Waals surface area contributed by atoms with Gasteiger partial charge in [0.1, 0.15) is 5.82 Å². The van der Waals surface area contributed by atoms with Gasteiger partial charge in [-0.3, -0.25) is 0 Å². The zero-order valence-corrected chi connectivity index (χ0v) is 10.3. The predicted octanol–water partition coefficient (Wildman–Crippen LogP) is 2.53. The van der Waals surface area contributed by atoms with Crippen molar-refractivity contribution in [2.45, 2.75) is 18.9 Å². The maximum atomic E-state index is 13.0. The lowest BCUT2D eigenvalue weighted by atomic mass is 9.97. The first kappa shape index (κ1) is 12.6. The van der Waals surface area contributed by atoms with Crippen LogP contribution in [0.4, 0.5) is 4.39 Å². The highest BCUT2D eigenvalue weighted by atomic mass is 79.9. The van der Waals surface area contributed by atoms with Crippen molar-refractivity contribution in [2.75, 3.05) is 13.7 Å². The van der Waals surface area contributed by atoms with Crippen LogP contribution in [0.1, 0.15) is 12.5 Å². The fourth-order valence-electron chi connectivity index (χ4n) is 1.45. The van der Waals surface area contributed by atoms with Gasteiger partial charge in [-0.15, -0.1) is 0 Å². The Kier molecular flexibility index (Phi) is 4.25. The Bertz CT molecular complexity index is 339. The molecular weight excluding hydrogens is 263 g/mol. The van der Waals surface area contributed by atoms with Gasteiger partial charge in [-0.25, -0.2) is 4.39 Å². The van der Waals surface area contributed by atoms with Gasteiger partial charge in [-0.2, -0.15) is 0 Å². The Morgan fingerprint density at radius 2 is 2.20 bits per heavy atom. The van der Waals surface area contributed by atoms with Crippen LogP contribution in [0.3, 0.4) is 0 Å². The van der Waals surface area contributed by atoms with E-state index in [4.69, 9.17) is 4.74 Å². The average Bonchev–Trinajstić information content (AvgIpc) is 2.10. The summed E-state index contributed by atoms with van der Waals surface area (Å²) in [6, 6.07) is 4.42. The maximum Gasteiger partial charge on any atom is 0.123 e. The molecule has 15 heavy (non-hydrogen) atoms. The molecule has 0 aromatic heterocycles. The Labute approximate surface area is 97.2 Å². The Hall–Kier alpha value is -0.450. The first-order valence-electron chi connectivity index (χ1n) is 4.60. The molecule has 1 atom stereocenters. The molecule has 4 heteroatoms. The molecule has 0 radical (unpaired) electrons. The summed E-state index contributed by atoms with van der Waals surface area (Å²) in [5.74, 6) is -0.304. The van der Waals surface area contributed by atoms with Crippen LogP contribution >= 0.6 is 15.9 Å². The number of halogens is 2. The summed E-state index contributed by atoms with van der Waals surface area (Å²) in [4.78, 5) is 0. The van der Waals surface area contributed by atoms with Crippen molar-refractivity contribution in [1.82, 2.24) is 0 Å². The topological polar surface area (TPSA) is 29.5 Å². The zero-order valence-electron chi connectivity index (χ0n) is 8.76. The number of hydrogen-bond acceptors (Lipinski definition) is 2. The molecule has 0 spiro atoms. The van der Waals surface area contributed by atoms with Crippen LogP contribution in [0.15, 0.2) is 22.7 Å². The third-order valence-corrected chi connectivity index (χ3v) is 2.81. The van der Waals surface area contributed by atoms with Crippen molar-refractivity contribution in [1.29, 1.82) is 0 Å². The van der Waals surface area contributed by atoms with Gasteiger partial charge >= 0.3 is 0 Å². The highest BCUT2D eigenvalue weighted by Gasteiger charge is 2.22. The molecule has 0 aliphatic heterocycles. The smallest absolute Gasteiger partial charge is 0.123 e. The van der Waals surface area contributed by atoms with Crippen LogP contribution in [0, 0.1) is 5.82 Å². The Morgan fingerprint density at radius 1 is 1.53 bits per heavy atom. The number of methoxy groups -OCH3 is 1. The van der Waals surface area contributed by atoms with Crippen molar-refractivity contribution in [2.24, 2.45) is 0 Å². The van der Waals surface area contributed by atoms with E-state index in [-0.39, 0.29) is 12.4 Å². The summed E-state index contributed by atoms with van der Waals surface area (Å²) in [5, 5.41) is 9.91. The molecule has 0 bridgehead atoms. The summed E-state index contributed by atoms with van der Waals surface area (Å²) in [5.41, 5.74) is -0.248. The summed E-state index contributed by atoms with van der Waals surface area (Å²) in [7, 11) is 1.52. The summed E-state index contributed by atoms with van der Waals surface area (Å²) < 4.78 is 18.7. The second-order valence-corrected chi connectivity index (χ2v) is 4.70. The van der Waals surface area contributed by atoms with Crippen LogP contribution in [-0.4, -0.2) is 24.4 Å². The predicted molar refractivity (Wildman–Crippen MR) is 60.3 cm³/mol. The summed E-state index contributed by atoms with van der Waals surface area (Å²) in [6.45, 7) is 1.88. The van der Waals surface area contributed by atoms with Crippen LogP contribution in [0.2, 0.25) is 0 Å². The first-order chi connectivity index (χ1) is 6.94. The lowest BCUT2D eigenvalue weighted by Crippen LogP contribution is -2.32. The van der Waals surface area contributed by atoms with E-state index in [1.165, 1.54) is 19.2 Å². The first-order valence-corrected chi connectivity index (χ1v) is 5.39. The van der Waals surface area contributed by atoms with E-state index < -0.39 is 5.60 Å². The SMILES string of the molecule is COCC(C)(O)Cc1cc(F)ccc1Br. The minimum atomic E-state index is -0.981.